The van der Waals surface area contributed by atoms with Gasteiger partial charge in [-0.2, -0.15) is 0 Å². The Morgan fingerprint density at radius 2 is 1.45 bits per heavy atom. The molecule has 0 heterocycles. The lowest BCUT2D eigenvalue weighted by Gasteiger charge is -2.23. The molecule has 7 heteroatoms. The number of alkyl carbamates (subject to hydrolysis) is 1. The van der Waals surface area contributed by atoms with E-state index in [2.05, 4.69) is 10.6 Å². The van der Waals surface area contributed by atoms with Gasteiger partial charge in [-0.1, -0.05) is 74.5 Å². The van der Waals surface area contributed by atoms with Gasteiger partial charge in [0, 0.05) is 0 Å². The first kappa shape index (κ1) is 24.1. The summed E-state index contributed by atoms with van der Waals surface area (Å²) in [4.78, 5) is 37.2. The van der Waals surface area contributed by atoms with Crippen LogP contribution in [0.4, 0.5) is 9.18 Å². The molecule has 0 aromatic heterocycles. The lowest BCUT2D eigenvalue weighted by atomic mass is 10.00. The Morgan fingerprint density at radius 3 is 2.00 bits per heavy atom. The molecule has 6 nitrogen and oxygen atoms in total. The van der Waals surface area contributed by atoms with Gasteiger partial charge in [0.1, 0.15) is 19.3 Å². The summed E-state index contributed by atoms with van der Waals surface area (Å²) in [5.74, 6) is -1.17. The Labute approximate surface area is 182 Å². The molecular weight excluding hydrogens is 399 g/mol. The van der Waals surface area contributed by atoms with E-state index in [0.29, 0.717) is 6.42 Å². The zero-order chi connectivity index (χ0) is 22.6. The van der Waals surface area contributed by atoms with Crippen molar-refractivity contribution in [2.45, 2.75) is 45.4 Å². The number of ketones is 1. The summed E-state index contributed by atoms with van der Waals surface area (Å²) in [6, 6.07) is 16.3. The number of alkyl halides is 1. The number of amides is 2. The van der Waals surface area contributed by atoms with Gasteiger partial charge in [-0.15, -0.1) is 0 Å². The second kappa shape index (κ2) is 12.5. The summed E-state index contributed by atoms with van der Waals surface area (Å²) in [5.41, 5.74) is 1.62. The van der Waals surface area contributed by atoms with Crippen LogP contribution in [-0.2, 0) is 27.4 Å². The summed E-state index contributed by atoms with van der Waals surface area (Å²) >= 11 is 0. The number of hydrogen-bond donors (Lipinski definition) is 2. The molecule has 166 valence electrons. The highest BCUT2D eigenvalue weighted by atomic mass is 19.1. The van der Waals surface area contributed by atoms with E-state index < -0.39 is 36.5 Å². The van der Waals surface area contributed by atoms with Crippen LogP contribution in [-0.4, -0.2) is 36.5 Å². The summed E-state index contributed by atoms with van der Waals surface area (Å²) in [5, 5.41) is 5.17. The number of ether oxygens (including phenoxy) is 1. The highest BCUT2D eigenvalue weighted by molar-refractivity contribution is 5.92. The predicted molar refractivity (Wildman–Crippen MR) is 116 cm³/mol. The second-order valence-electron chi connectivity index (χ2n) is 7.74. The van der Waals surface area contributed by atoms with Gasteiger partial charge in [-0.25, -0.2) is 9.18 Å². The van der Waals surface area contributed by atoms with E-state index in [0.717, 1.165) is 11.1 Å². The van der Waals surface area contributed by atoms with Gasteiger partial charge in [0.15, 0.2) is 5.78 Å². The molecule has 0 saturated heterocycles. The van der Waals surface area contributed by atoms with Crippen LogP contribution in [0.3, 0.4) is 0 Å². The maximum atomic E-state index is 13.1. The van der Waals surface area contributed by atoms with Crippen molar-refractivity contribution >= 4 is 17.8 Å². The minimum Gasteiger partial charge on any atom is -0.445 e. The van der Waals surface area contributed by atoms with Crippen LogP contribution in [0, 0.1) is 5.92 Å². The van der Waals surface area contributed by atoms with Gasteiger partial charge in [-0.3, -0.25) is 9.59 Å². The lowest BCUT2D eigenvalue weighted by Crippen LogP contribution is -2.53. The molecule has 0 fully saturated rings. The van der Waals surface area contributed by atoms with E-state index >= 15 is 0 Å². The Balaban J connectivity index is 2.01. The van der Waals surface area contributed by atoms with Crippen molar-refractivity contribution in [2.24, 2.45) is 5.92 Å². The minimum atomic E-state index is -1.18. The molecule has 2 aromatic rings. The summed E-state index contributed by atoms with van der Waals surface area (Å²) in [6.45, 7) is 2.70. The van der Waals surface area contributed by atoms with Crippen molar-refractivity contribution in [1.82, 2.24) is 10.6 Å². The molecule has 0 radical (unpaired) electrons. The fourth-order valence-corrected chi connectivity index (χ4v) is 3.07. The number of carbonyl (C=O) groups is 3. The molecule has 0 aliphatic rings. The summed E-state index contributed by atoms with van der Waals surface area (Å²) in [6.07, 6.45) is -0.225. The van der Waals surface area contributed by atoms with Gasteiger partial charge in [0.05, 0.1) is 6.04 Å². The molecule has 2 aromatic carbocycles. The fourth-order valence-electron chi connectivity index (χ4n) is 3.07. The standard InChI is InChI=1S/C24H29FN2O4/c1-17(2)13-21(27-24(30)31-16-19-11-7-4-8-12-19)23(29)26-20(22(28)15-25)14-18-9-5-3-6-10-18/h3-12,17,20-21H,13-16H2,1-2H3,(H,26,29)(H,27,30)/t20-,21-/m0/s1. The minimum absolute atomic E-state index is 0.0691. The third-order valence-corrected chi connectivity index (χ3v) is 4.65. The molecule has 0 aliphatic carbocycles. The van der Waals surface area contributed by atoms with Gasteiger partial charge in [0.2, 0.25) is 5.91 Å². The van der Waals surface area contributed by atoms with Crippen molar-refractivity contribution in [1.29, 1.82) is 0 Å². The highest BCUT2D eigenvalue weighted by Crippen LogP contribution is 2.09. The third kappa shape index (κ3) is 8.58. The van der Waals surface area contributed by atoms with Crippen LogP contribution in [0.2, 0.25) is 0 Å². The topological polar surface area (TPSA) is 84.5 Å². The zero-order valence-electron chi connectivity index (χ0n) is 17.8. The van der Waals surface area contributed by atoms with Crippen molar-refractivity contribution in [3.63, 3.8) is 0 Å². The molecule has 31 heavy (non-hydrogen) atoms. The average Bonchev–Trinajstić information content (AvgIpc) is 2.77. The first-order valence-electron chi connectivity index (χ1n) is 10.3. The Morgan fingerprint density at radius 1 is 0.871 bits per heavy atom. The Hall–Kier alpha value is -3.22. The smallest absolute Gasteiger partial charge is 0.408 e. The highest BCUT2D eigenvalue weighted by Gasteiger charge is 2.27. The predicted octanol–water partition coefficient (Wildman–Crippen LogP) is 3.59. The molecular formula is C24H29FN2O4. The van der Waals surface area contributed by atoms with Crippen LogP contribution in [0.1, 0.15) is 31.4 Å². The first-order chi connectivity index (χ1) is 14.9. The van der Waals surface area contributed by atoms with E-state index in [-0.39, 0.29) is 18.9 Å². The number of carbonyl (C=O) groups excluding carboxylic acids is 3. The lowest BCUT2D eigenvalue weighted by molar-refractivity contribution is -0.129. The van der Waals surface area contributed by atoms with E-state index in [4.69, 9.17) is 4.74 Å². The van der Waals surface area contributed by atoms with Gasteiger partial charge < -0.3 is 15.4 Å². The first-order valence-corrected chi connectivity index (χ1v) is 10.3. The van der Waals surface area contributed by atoms with Crippen LogP contribution in [0.15, 0.2) is 60.7 Å². The quantitative estimate of drug-likeness (QED) is 0.573. The number of Topliss-reactive ketones (excluding diaryl/α,β-unsaturated/α-hetero) is 1. The Bertz CT molecular complexity index is 843. The van der Waals surface area contributed by atoms with E-state index in [1.165, 1.54) is 0 Å². The summed E-state index contributed by atoms with van der Waals surface area (Å²) in [7, 11) is 0. The van der Waals surface area contributed by atoms with E-state index in [1.54, 1.807) is 24.3 Å². The van der Waals surface area contributed by atoms with Crippen LogP contribution >= 0.6 is 0 Å². The third-order valence-electron chi connectivity index (χ3n) is 4.65. The van der Waals surface area contributed by atoms with Crippen LogP contribution in [0.5, 0.6) is 0 Å². The average molecular weight is 429 g/mol. The van der Waals surface area contributed by atoms with Crippen LogP contribution in [0.25, 0.3) is 0 Å². The second-order valence-corrected chi connectivity index (χ2v) is 7.74. The largest absolute Gasteiger partial charge is 0.445 e. The number of hydrogen-bond acceptors (Lipinski definition) is 4. The van der Waals surface area contributed by atoms with Gasteiger partial charge >= 0.3 is 6.09 Å². The normalized spacial score (nSPS) is 12.6. The van der Waals surface area contributed by atoms with Gasteiger partial charge in [-0.05, 0) is 29.9 Å². The van der Waals surface area contributed by atoms with Crippen LogP contribution < -0.4 is 10.6 Å². The van der Waals surface area contributed by atoms with Crippen molar-refractivity contribution in [2.75, 3.05) is 6.67 Å². The SMILES string of the molecule is CC(C)C[C@H](NC(=O)OCc1ccccc1)C(=O)N[C@@H](Cc1ccccc1)C(=O)CF. The molecule has 0 saturated carbocycles. The van der Waals surface area contributed by atoms with Crippen molar-refractivity contribution in [3.05, 3.63) is 71.8 Å². The fraction of sp³-hybridized carbons (Fsp3) is 0.375. The zero-order valence-corrected chi connectivity index (χ0v) is 17.8. The van der Waals surface area contributed by atoms with E-state index in [9.17, 15) is 18.8 Å². The summed E-state index contributed by atoms with van der Waals surface area (Å²) < 4.78 is 18.3. The number of benzene rings is 2. The number of halogens is 1. The van der Waals surface area contributed by atoms with E-state index in [1.807, 2.05) is 50.2 Å². The monoisotopic (exact) mass is 428 g/mol. The molecule has 0 bridgehead atoms. The van der Waals surface area contributed by atoms with Crippen molar-refractivity contribution in [3.8, 4) is 0 Å². The molecule has 2 atom stereocenters. The molecule has 0 spiro atoms. The molecule has 0 unspecified atom stereocenters. The maximum Gasteiger partial charge on any atom is 0.408 e. The maximum absolute atomic E-state index is 13.1. The molecule has 2 N–H and O–H groups in total. The van der Waals surface area contributed by atoms with Crippen molar-refractivity contribution < 1.29 is 23.5 Å². The number of nitrogens with one attached hydrogen (secondary N) is 2. The molecule has 2 rings (SSSR count). The van der Waals surface area contributed by atoms with Gasteiger partial charge in [0.25, 0.3) is 0 Å². The molecule has 2 amide bonds. The molecule has 0 aliphatic heterocycles. The number of rotatable bonds is 11. The Kier molecular flexibility index (Phi) is 9.68.